The summed E-state index contributed by atoms with van der Waals surface area (Å²) in [5, 5.41) is 4.86. The van der Waals surface area contributed by atoms with Crippen LogP contribution in [0.3, 0.4) is 0 Å². The van der Waals surface area contributed by atoms with E-state index in [0.29, 0.717) is 0 Å². The number of nitrogens with zero attached hydrogens (tertiary/aromatic N) is 2. The Morgan fingerprint density at radius 1 is 1.00 bits per heavy atom. The van der Waals surface area contributed by atoms with Crippen molar-refractivity contribution < 1.29 is 0 Å². The molecule has 0 aliphatic rings. The monoisotopic (exact) mass is 340 g/mol. The molecule has 0 amide bonds. The molecule has 0 saturated carbocycles. The number of aliphatic imine (C=N–C) groups is 1. The summed E-state index contributed by atoms with van der Waals surface area (Å²) >= 11 is 3.16. The average Bonchev–Trinajstić information content (AvgIpc) is 3.03. The topological polar surface area (TPSA) is 77.3 Å². The Morgan fingerprint density at radius 2 is 1.61 bits per heavy atom. The minimum atomic E-state index is 0.744. The molecule has 0 aliphatic heterocycles. The standard InChI is InChI=1S/C17H16N4S2/c1-20-16(11-2-6-13(18)7-3-11)23-15-10-22-17(21-15)12-4-8-14(19)9-5-12/h2-10H,18-19H2,1H3/b20-16-. The Hall–Kier alpha value is -2.31. The van der Waals surface area contributed by atoms with Crippen LogP contribution in [0.25, 0.3) is 10.6 Å². The van der Waals surface area contributed by atoms with Crippen LogP contribution in [0, 0.1) is 0 Å². The summed E-state index contributed by atoms with van der Waals surface area (Å²) in [6, 6.07) is 15.4. The van der Waals surface area contributed by atoms with E-state index in [-0.39, 0.29) is 0 Å². The van der Waals surface area contributed by atoms with Crippen molar-refractivity contribution in [2.45, 2.75) is 5.03 Å². The summed E-state index contributed by atoms with van der Waals surface area (Å²) in [6.07, 6.45) is 0. The number of hydrogen-bond acceptors (Lipinski definition) is 6. The van der Waals surface area contributed by atoms with Crippen LogP contribution in [0.4, 0.5) is 11.4 Å². The summed E-state index contributed by atoms with van der Waals surface area (Å²) in [5.74, 6) is 0. The van der Waals surface area contributed by atoms with Gasteiger partial charge in [-0.3, -0.25) is 4.99 Å². The predicted octanol–water partition coefficient (Wildman–Crippen LogP) is 4.14. The van der Waals surface area contributed by atoms with Gasteiger partial charge in [0.15, 0.2) is 0 Å². The van der Waals surface area contributed by atoms with Gasteiger partial charge in [0.25, 0.3) is 0 Å². The van der Waals surface area contributed by atoms with E-state index in [0.717, 1.165) is 37.6 Å². The first-order valence-electron chi connectivity index (χ1n) is 6.97. The highest BCUT2D eigenvalue weighted by molar-refractivity contribution is 8.14. The number of nitrogens with two attached hydrogens (primary N) is 2. The lowest BCUT2D eigenvalue weighted by Crippen LogP contribution is -1.96. The Balaban J connectivity index is 1.80. The van der Waals surface area contributed by atoms with Crippen molar-refractivity contribution in [1.82, 2.24) is 4.98 Å². The van der Waals surface area contributed by atoms with Gasteiger partial charge in [0.1, 0.15) is 15.1 Å². The number of rotatable bonds is 3. The molecule has 1 aromatic heterocycles. The van der Waals surface area contributed by atoms with Gasteiger partial charge in [0, 0.05) is 34.9 Å². The summed E-state index contributed by atoms with van der Waals surface area (Å²) in [7, 11) is 1.78. The molecule has 3 aromatic rings. The number of thiazole rings is 1. The Labute approximate surface area is 143 Å². The molecule has 0 unspecified atom stereocenters. The van der Waals surface area contributed by atoms with Crippen LogP contribution in [-0.2, 0) is 0 Å². The summed E-state index contributed by atoms with van der Waals surface area (Å²) in [5.41, 5.74) is 15.1. The zero-order valence-corrected chi connectivity index (χ0v) is 14.2. The summed E-state index contributed by atoms with van der Waals surface area (Å²) < 4.78 is 0. The van der Waals surface area contributed by atoms with Crippen molar-refractivity contribution in [3.05, 3.63) is 59.5 Å². The molecule has 0 spiro atoms. The van der Waals surface area contributed by atoms with Gasteiger partial charge in [0.2, 0.25) is 0 Å². The Kier molecular flexibility index (Phi) is 4.64. The lowest BCUT2D eigenvalue weighted by molar-refractivity contribution is 1.21. The van der Waals surface area contributed by atoms with E-state index >= 15 is 0 Å². The molecule has 1 heterocycles. The maximum atomic E-state index is 5.73. The third kappa shape index (κ3) is 3.72. The zero-order valence-electron chi connectivity index (χ0n) is 12.6. The summed E-state index contributed by atoms with van der Waals surface area (Å²) in [4.78, 5) is 9.04. The number of thioether (sulfide) groups is 1. The van der Waals surface area contributed by atoms with Crippen molar-refractivity contribution in [1.29, 1.82) is 0 Å². The fourth-order valence-electron chi connectivity index (χ4n) is 2.02. The fraction of sp³-hybridized carbons (Fsp3) is 0.0588. The van der Waals surface area contributed by atoms with Crippen LogP contribution in [0.2, 0.25) is 0 Å². The molecule has 6 heteroatoms. The van der Waals surface area contributed by atoms with E-state index in [1.165, 1.54) is 0 Å². The van der Waals surface area contributed by atoms with Crippen molar-refractivity contribution in [2.24, 2.45) is 4.99 Å². The maximum absolute atomic E-state index is 5.73. The highest BCUT2D eigenvalue weighted by atomic mass is 32.2. The molecule has 0 atom stereocenters. The number of hydrogen-bond donors (Lipinski definition) is 2. The Bertz CT molecular complexity index is 821. The van der Waals surface area contributed by atoms with Gasteiger partial charge < -0.3 is 11.5 Å². The molecule has 23 heavy (non-hydrogen) atoms. The van der Waals surface area contributed by atoms with Crippen LogP contribution in [0.1, 0.15) is 5.56 Å². The lowest BCUT2D eigenvalue weighted by Gasteiger charge is -2.04. The van der Waals surface area contributed by atoms with E-state index in [1.807, 2.05) is 53.9 Å². The van der Waals surface area contributed by atoms with Gasteiger partial charge in [-0.1, -0.05) is 12.1 Å². The minimum Gasteiger partial charge on any atom is -0.399 e. The number of anilines is 2. The minimum absolute atomic E-state index is 0.744. The first kappa shape index (κ1) is 15.6. The zero-order chi connectivity index (χ0) is 16.2. The van der Waals surface area contributed by atoms with E-state index in [4.69, 9.17) is 11.5 Å². The van der Waals surface area contributed by atoms with Crippen molar-refractivity contribution in [3.63, 3.8) is 0 Å². The second kappa shape index (κ2) is 6.85. The molecular formula is C17H16N4S2. The van der Waals surface area contributed by atoms with Crippen LogP contribution < -0.4 is 11.5 Å². The van der Waals surface area contributed by atoms with Crippen LogP contribution in [0.15, 0.2) is 63.9 Å². The van der Waals surface area contributed by atoms with Crippen LogP contribution in [0.5, 0.6) is 0 Å². The second-order valence-electron chi connectivity index (χ2n) is 4.87. The average molecular weight is 340 g/mol. The Morgan fingerprint density at radius 3 is 2.22 bits per heavy atom. The molecule has 0 fully saturated rings. The fourth-order valence-corrected chi connectivity index (χ4v) is 3.79. The first-order chi connectivity index (χ1) is 11.2. The third-order valence-corrected chi connectivity index (χ3v) is 5.27. The SMILES string of the molecule is C/N=C(\Sc1csc(-c2ccc(N)cc2)n1)c1ccc(N)cc1. The van der Waals surface area contributed by atoms with Gasteiger partial charge >= 0.3 is 0 Å². The normalized spacial score (nSPS) is 11.6. The second-order valence-corrected chi connectivity index (χ2v) is 6.73. The van der Waals surface area contributed by atoms with Crippen LogP contribution >= 0.6 is 23.1 Å². The first-order valence-corrected chi connectivity index (χ1v) is 8.67. The van der Waals surface area contributed by atoms with Crippen LogP contribution in [-0.4, -0.2) is 17.1 Å². The largest absolute Gasteiger partial charge is 0.399 e. The molecule has 4 N–H and O–H groups in total. The number of benzene rings is 2. The molecule has 116 valence electrons. The van der Waals surface area contributed by atoms with Gasteiger partial charge in [-0.15, -0.1) is 11.3 Å². The van der Waals surface area contributed by atoms with Gasteiger partial charge in [-0.05, 0) is 48.2 Å². The van der Waals surface area contributed by atoms with E-state index < -0.39 is 0 Å². The molecule has 0 saturated heterocycles. The molecule has 0 radical (unpaired) electrons. The van der Waals surface area contributed by atoms with Gasteiger partial charge in [0.05, 0.1) is 0 Å². The van der Waals surface area contributed by atoms with E-state index in [9.17, 15) is 0 Å². The highest BCUT2D eigenvalue weighted by Gasteiger charge is 2.10. The van der Waals surface area contributed by atoms with Gasteiger partial charge in [-0.25, -0.2) is 4.98 Å². The smallest absolute Gasteiger partial charge is 0.124 e. The molecule has 0 aliphatic carbocycles. The lowest BCUT2D eigenvalue weighted by atomic mass is 10.2. The molecular weight excluding hydrogens is 324 g/mol. The highest BCUT2D eigenvalue weighted by Crippen LogP contribution is 2.30. The number of aromatic nitrogens is 1. The number of nitrogen functional groups attached to an aromatic ring is 2. The van der Waals surface area contributed by atoms with Crippen molar-refractivity contribution in [3.8, 4) is 10.6 Å². The maximum Gasteiger partial charge on any atom is 0.124 e. The third-order valence-electron chi connectivity index (χ3n) is 3.20. The van der Waals surface area contributed by atoms with Gasteiger partial charge in [-0.2, -0.15) is 0 Å². The molecule has 3 rings (SSSR count). The quantitative estimate of drug-likeness (QED) is 0.325. The molecule has 4 nitrogen and oxygen atoms in total. The summed E-state index contributed by atoms with van der Waals surface area (Å²) in [6.45, 7) is 0. The molecule has 2 aromatic carbocycles. The molecule has 0 bridgehead atoms. The van der Waals surface area contributed by atoms with E-state index in [1.54, 1.807) is 30.1 Å². The van der Waals surface area contributed by atoms with E-state index in [2.05, 4.69) is 9.98 Å². The van der Waals surface area contributed by atoms with Crippen molar-refractivity contribution in [2.75, 3.05) is 18.5 Å². The predicted molar refractivity (Wildman–Crippen MR) is 101 cm³/mol. The van der Waals surface area contributed by atoms with Crippen molar-refractivity contribution >= 4 is 39.5 Å².